The van der Waals surface area contributed by atoms with Crippen molar-refractivity contribution in [1.29, 1.82) is 0 Å². The molecule has 1 aliphatic rings. The van der Waals surface area contributed by atoms with Gasteiger partial charge >= 0.3 is 6.03 Å². The Morgan fingerprint density at radius 1 is 0.914 bits per heavy atom. The number of rotatable bonds is 10. The smallest absolute Gasteiger partial charge is 0.315 e. The third-order valence-corrected chi connectivity index (χ3v) is 6.19. The number of hydrogen-bond acceptors (Lipinski definition) is 3. The Balaban J connectivity index is 1.41. The van der Waals surface area contributed by atoms with E-state index in [0.29, 0.717) is 39.0 Å². The summed E-state index contributed by atoms with van der Waals surface area (Å²) in [5, 5.41) is 5.50. The van der Waals surface area contributed by atoms with Crippen molar-refractivity contribution in [3.63, 3.8) is 0 Å². The normalized spacial score (nSPS) is 14.3. The topological polar surface area (TPSA) is 81.8 Å². The second kappa shape index (κ2) is 13.5. The quantitative estimate of drug-likeness (QED) is 0.544. The van der Waals surface area contributed by atoms with E-state index < -0.39 is 12.1 Å². The number of aryl methyl sites for hydroxylation is 1. The van der Waals surface area contributed by atoms with Gasteiger partial charge in [0.1, 0.15) is 11.9 Å². The molecule has 2 aromatic carbocycles. The van der Waals surface area contributed by atoms with Crippen LogP contribution in [0, 0.1) is 5.82 Å². The lowest BCUT2D eigenvalue weighted by Gasteiger charge is -2.36. The van der Waals surface area contributed by atoms with E-state index in [1.54, 1.807) is 17.0 Å². The lowest BCUT2D eigenvalue weighted by molar-refractivity contribution is -0.140. The molecule has 4 amide bonds. The molecule has 1 aliphatic heterocycles. The van der Waals surface area contributed by atoms with Gasteiger partial charge in [0.15, 0.2) is 0 Å². The van der Waals surface area contributed by atoms with Crippen molar-refractivity contribution in [1.82, 2.24) is 20.4 Å². The van der Waals surface area contributed by atoms with Crippen LogP contribution in [0.15, 0.2) is 54.6 Å². The second-order valence-corrected chi connectivity index (χ2v) is 8.84. The van der Waals surface area contributed by atoms with E-state index >= 15 is 0 Å². The third-order valence-electron chi connectivity index (χ3n) is 6.19. The van der Waals surface area contributed by atoms with E-state index in [4.69, 9.17) is 0 Å². The zero-order chi connectivity index (χ0) is 25.0. The highest BCUT2D eigenvalue weighted by molar-refractivity contribution is 5.87. The number of halogens is 1. The van der Waals surface area contributed by atoms with Crippen LogP contribution in [-0.2, 0) is 22.6 Å². The molecule has 0 spiro atoms. The van der Waals surface area contributed by atoms with Crippen LogP contribution in [0.3, 0.4) is 0 Å². The Morgan fingerprint density at radius 2 is 1.57 bits per heavy atom. The van der Waals surface area contributed by atoms with Crippen LogP contribution in [0.2, 0.25) is 0 Å². The SMILES string of the molecule is CCCC(NC(=O)NCc1ccc(F)cc1)C(=O)N1CCN(C(=O)CCCc2ccccc2)CC1. The molecule has 35 heavy (non-hydrogen) atoms. The van der Waals surface area contributed by atoms with Gasteiger partial charge in [0.05, 0.1) is 0 Å². The van der Waals surface area contributed by atoms with Crippen molar-refractivity contribution in [2.24, 2.45) is 0 Å². The molecule has 0 aliphatic carbocycles. The van der Waals surface area contributed by atoms with Crippen molar-refractivity contribution in [3.8, 4) is 0 Å². The molecule has 2 N–H and O–H groups in total. The molecule has 1 heterocycles. The predicted octanol–water partition coefficient (Wildman–Crippen LogP) is 3.49. The molecule has 1 saturated heterocycles. The lowest BCUT2D eigenvalue weighted by atomic mass is 10.1. The highest BCUT2D eigenvalue weighted by Gasteiger charge is 2.29. The largest absolute Gasteiger partial charge is 0.339 e. The van der Waals surface area contributed by atoms with Crippen molar-refractivity contribution in [2.45, 2.75) is 51.6 Å². The van der Waals surface area contributed by atoms with Crippen LogP contribution >= 0.6 is 0 Å². The average molecular weight is 483 g/mol. The maximum atomic E-state index is 13.1. The molecule has 0 radical (unpaired) electrons. The van der Waals surface area contributed by atoms with Gasteiger partial charge in [-0.3, -0.25) is 9.59 Å². The van der Waals surface area contributed by atoms with Crippen LogP contribution in [0.25, 0.3) is 0 Å². The second-order valence-electron chi connectivity index (χ2n) is 8.84. The Bertz CT molecular complexity index is 960. The summed E-state index contributed by atoms with van der Waals surface area (Å²) in [6, 6.07) is 15.0. The minimum absolute atomic E-state index is 0.122. The molecule has 2 aromatic rings. The number of piperazine rings is 1. The fraction of sp³-hybridized carbons (Fsp3) is 0.444. The molecule has 0 saturated carbocycles. The monoisotopic (exact) mass is 482 g/mol. The molecule has 1 fully saturated rings. The van der Waals surface area contributed by atoms with Gasteiger partial charge in [-0.2, -0.15) is 0 Å². The standard InChI is InChI=1S/C27H35FN4O3/c1-2-7-24(30-27(35)29-20-22-12-14-23(28)15-13-22)26(34)32-18-16-31(17-19-32)25(33)11-6-10-21-8-4-3-5-9-21/h3-5,8-9,12-15,24H,2,6-7,10-11,16-20H2,1H3,(H2,29,30,35). The van der Waals surface area contributed by atoms with E-state index in [1.165, 1.54) is 17.7 Å². The Hall–Kier alpha value is -3.42. The van der Waals surface area contributed by atoms with Crippen LogP contribution in [-0.4, -0.2) is 59.9 Å². The summed E-state index contributed by atoms with van der Waals surface area (Å²) in [7, 11) is 0. The van der Waals surface area contributed by atoms with Crippen molar-refractivity contribution in [2.75, 3.05) is 26.2 Å². The molecular formula is C27H35FN4O3. The summed E-state index contributed by atoms with van der Waals surface area (Å²) in [6.45, 7) is 4.14. The number of carbonyl (C=O) groups is 3. The number of hydrogen-bond donors (Lipinski definition) is 2. The minimum Gasteiger partial charge on any atom is -0.339 e. The Labute approximate surface area is 206 Å². The fourth-order valence-corrected chi connectivity index (χ4v) is 4.18. The molecule has 7 nitrogen and oxygen atoms in total. The fourth-order valence-electron chi connectivity index (χ4n) is 4.18. The van der Waals surface area contributed by atoms with Crippen molar-refractivity contribution in [3.05, 3.63) is 71.5 Å². The highest BCUT2D eigenvalue weighted by atomic mass is 19.1. The Kier molecular flexibility index (Phi) is 10.1. The summed E-state index contributed by atoms with van der Waals surface area (Å²) < 4.78 is 13.0. The predicted molar refractivity (Wildman–Crippen MR) is 133 cm³/mol. The van der Waals surface area contributed by atoms with Gasteiger partial charge in [-0.25, -0.2) is 9.18 Å². The zero-order valence-corrected chi connectivity index (χ0v) is 20.3. The van der Waals surface area contributed by atoms with E-state index in [2.05, 4.69) is 22.8 Å². The molecule has 188 valence electrons. The molecule has 1 atom stereocenters. The highest BCUT2D eigenvalue weighted by Crippen LogP contribution is 2.11. The van der Waals surface area contributed by atoms with Gasteiger partial charge in [-0.05, 0) is 42.5 Å². The van der Waals surface area contributed by atoms with Gasteiger partial charge in [0.25, 0.3) is 0 Å². The first-order valence-electron chi connectivity index (χ1n) is 12.4. The van der Waals surface area contributed by atoms with Crippen molar-refractivity contribution >= 4 is 17.8 Å². The van der Waals surface area contributed by atoms with Gasteiger partial charge in [0.2, 0.25) is 11.8 Å². The summed E-state index contributed by atoms with van der Waals surface area (Å²) in [5.74, 6) is -0.336. The first-order valence-corrected chi connectivity index (χ1v) is 12.4. The average Bonchev–Trinajstić information content (AvgIpc) is 2.88. The molecule has 3 rings (SSSR count). The summed E-state index contributed by atoms with van der Waals surface area (Å²) in [5.41, 5.74) is 2.00. The van der Waals surface area contributed by atoms with Crippen LogP contribution in [0.1, 0.15) is 43.7 Å². The first kappa shape index (κ1) is 26.2. The molecule has 0 bridgehead atoms. The number of benzene rings is 2. The van der Waals surface area contributed by atoms with E-state index in [0.717, 1.165) is 24.8 Å². The zero-order valence-electron chi connectivity index (χ0n) is 20.3. The maximum absolute atomic E-state index is 13.1. The van der Waals surface area contributed by atoms with Gasteiger partial charge in [-0.1, -0.05) is 55.8 Å². The van der Waals surface area contributed by atoms with Gasteiger partial charge < -0.3 is 20.4 Å². The lowest BCUT2D eigenvalue weighted by Crippen LogP contribution is -2.56. The molecule has 0 aromatic heterocycles. The number of urea groups is 1. The van der Waals surface area contributed by atoms with E-state index in [-0.39, 0.29) is 24.2 Å². The third kappa shape index (κ3) is 8.38. The van der Waals surface area contributed by atoms with Crippen LogP contribution in [0.5, 0.6) is 0 Å². The van der Waals surface area contributed by atoms with Gasteiger partial charge in [-0.15, -0.1) is 0 Å². The van der Waals surface area contributed by atoms with E-state index in [1.807, 2.05) is 30.0 Å². The molecular weight excluding hydrogens is 447 g/mol. The first-order chi connectivity index (χ1) is 17.0. The number of nitrogens with zero attached hydrogens (tertiary/aromatic N) is 2. The van der Waals surface area contributed by atoms with Gasteiger partial charge in [0, 0.05) is 39.1 Å². The molecule has 1 unspecified atom stereocenters. The summed E-state index contributed by atoms with van der Waals surface area (Å²) in [4.78, 5) is 41.6. The maximum Gasteiger partial charge on any atom is 0.315 e. The van der Waals surface area contributed by atoms with E-state index in [9.17, 15) is 18.8 Å². The summed E-state index contributed by atoms with van der Waals surface area (Å²) in [6.07, 6.45) is 3.45. The van der Waals surface area contributed by atoms with Crippen molar-refractivity contribution < 1.29 is 18.8 Å². The summed E-state index contributed by atoms with van der Waals surface area (Å²) >= 11 is 0. The number of amides is 4. The minimum atomic E-state index is -0.624. The number of nitrogens with one attached hydrogen (secondary N) is 2. The molecule has 8 heteroatoms. The van der Waals surface area contributed by atoms with Crippen LogP contribution < -0.4 is 10.6 Å². The van der Waals surface area contributed by atoms with Crippen LogP contribution in [0.4, 0.5) is 9.18 Å². The Morgan fingerprint density at radius 3 is 2.23 bits per heavy atom. The number of carbonyl (C=O) groups excluding carboxylic acids is 3.